The molecule has 0 atom stereocenters. The standard InChI is InChI=1S/C14H16O2/c15-11-13-7-4-10-16-14(13)9-8-12-5-2-1-3-6-12/h1-3,5-6,11H,4,7-10H2. The second kappa shape index (κ2) is 5.50. The first-order chi connectivity index (χ1) is 7.90. The zero-order valence-electron chi connectivity index (χ0n) is 9.32. The minimum Gasteiger partial charge on any atom is -0.498 e. The van der Waals surface area contributed by atoms with Crippen LogP contribution in [0.4, 0.5) is 0 Å². The first kappa shape index (κ1) is 10.9. The maximum absolute atomic E-state index is 10.8. The summed E-state index contributed by atoms with van der Waals surface area (Å²) in [6.45, 7) is 0.751. The van der Waals surface area contributed by atoms with Crippen LogP contribution in [0.3, 0.4) is 0 Å². The Hall–Kier alpha value is -1.57. The smallest absolute Gasteiger partial charge is 0.149 e. The Labute approximate surface area is 95.9 Å². The van der Waals surface area contributed by atoms with Crippen molar-refractivity contribution in [1.29, 1.82) is 0 Å². The second-order valence-electron chi connectivity index (χ2n) is 4.00. The van der Waals surface area contributed by atoms with Crippen molar-refractivity contribution in [3.8, 4) is 0 Å². The van der Waals surface area contributed by atoms with Crippen LogP contribution in [-0.4, -0.2) is 12.9 Å². The van der Waals surface area contributed by atoms with Crippen LogP contribution in [-0.2, 0) is 16.0 Å². The van der Waals surface area contributed by atoms with Crippen molar-refractivity contribution in [3.05, 3.63) is 47.2 Å². The van der Waals surface area contributed by atoms with Crippen molar-refractivity contribution in [3.63, 3.8) is 0 Å². The molecular weight excluding hydrogens is 200 g/mol. The Morgan fingerprint density at radius 2 is 2.00 bits per heavy atom. The third kappa shape index (κ3) is 2.72. The van der Waals surface area contributed by atoms with Gasteiger partial charge in [0.1, 0.15) is 12.0 Å². The Bertz CT molecular complexity index is 379. The fraction of sp³-hybridized carbons (Fsp3) is 0.357. The lowest BCUT2D eigenvalue weighted by Gasteiger charge is -2.18. The van der Waals surface area contributed by atoms with Gasteiger partial charge in [-0.1, -0.05) is 30.3 Å². The van der Waals surface area contributed by atoms with Crippen molar-refractivity contribution in [2.24, 2.45) is 0 Å². The first-order valence-electron chi connectivity index (χ1n) is 5.74. The Morgan fingerprint density at radius 1 is 1.19 bits per heavy atom. The molecule has 0 fully saturated rings. The van der Waals surface area contributed by atoms with E-state index in [1.807, 2.05) is 18.2 Å². The van der Waals surface area contributed by atoms with Gasteiger partial charge in [-0.05, 0) is 24.8 Å². The van der Waals surface area contributed by atoms with Crippen molar-refractivity contribution in [2.45, 2.75) is 25.7 Å². The van der Waals surface area contributed by atoms with Crippen LogP contribution in [0.25, 0.3) is 0 Å². The fourth-order valence-corrected chi connectivity index (χ4v) is 1.95. The molecule has 0 N–H and O–H groups in total. The zero-order valence-corrected chi connectivity index (χ0v) is 9.32. The van der Waals surface area contributed by atoms with E-state index in [1.165, 1.54) is 5.56 Å². The number of hydrogen-bond acceptors (Lipinski definition) is 2. The first-order valence-corrected chi connectivity index (χ1v) is 5.74. The molecule has 16 heavy (non-hydrogen) atoms. The highest BCUT2D eigenvalue weighted by Crippen LogP contribution is 2.21. The van der Waals surface area contributed by atoms with Crippen molar-refractivity contribution in [2.75, 3.05) is 6.61 Å². The quantitative estimate of drug-likeness (QED) is 0.723. The molecule has 0 aromatic heterocycles. The zero-order chi connectivity index (χ0) is 11.2. The number of ether oxygens (including phenoxy) is 1. The topological polar surface area (TPSA) is 26.3 Å². The van der Waals surface area contributed by atoms with E-state index < -0.39 is 0 Å². The molecule has 0 amide bonds. The molecule has 1 aromatic rings. The van der Waals surface area contributed by atoms with E-state index in [0.717, 1.165) is 49.9 Å². The van der Waals surface area contributed by atoms with Crippen molar-refractivity contribution >= 4 is 6.29 Å². The van der Waals surface area contributed by atoms with Gasteiger partial charge < -0.3 is 4.74 Å². The average Bonchev–Trinajstić information content (AvgIpc) is 2.38. The summed E-state index contributed by atoms with van der Waals surface area (Å²) < 4.78 is 5.55. The number of benzene rings is 1. The van der Waals surface area contributed by atoms with Gasteiger partial charge in [-0.25, -0.2) is 0 Å². The molecule has 84 valence electrons. The van der Waals surface area contributed by atoms with Crippen molar-refractivity contribution < 1.29 is 9.53 Å². The van der Waals surface area contributed by atoms with E-state index in [-0.39, 0.29) is 0 Å². The van der Waals surface area contributed by atoms with Crippen molar-refractivity contribution in [1.82, 2.24) is 0 Å². The van der Waals surface area contributed by atoms with Gasteiger partial charge in [-0.3, -0.25) is 4.79 Å². The Morgan fingerprint density at radius 3 is 2.75 bits per heavy atom. The lowest BCUT2D eigenvalue weighted by atomic mass is 10.0. The second-order valence-corrected chi connectivity index (χ2v) is 4.00. The predicted molar refractivity (Wildman–Crippen MR) is 63.0 cm³/mol. The summed E-state index contributed by atoms with van der Waals surface area (Å²) in [5, 5.41) is 0. The number of aldehydes is 1. The number of carbonyl (C=O) groups is 1. The van der Waals surface area contributed by atoms with Gasteiger partial charge in [-0.2, -0.15) is 0 Å². The Balaban J connectivity index is 1.99. The van der Waals surface area contributed by atoms with Gasteiger partial charge in [0.15, 0.2) is 0 Å². The summed E-state index contributed by atoms with van der Waals surface area (Å²) >= 11 is 0. The van der Waals surface area contributed by atoms with Crippen LogP contribution in [0.2, 0.25) is 0 Å². The van der Waals surface area contributed by atoms with Crippen LogP contribution < -0.4 is 0 Å². The van der Waals surface area contributed by atoms with Gasteiger partial charge in [0.25, 0.3) is 0 Å². The predicted octanol–water partition coefficient (Wildman–Crippen LogP) is 2.88. The minimum atomic E-state index is 0.751. The van der Waals surface area contributed by atoms with Gasteiger partial charge in [0.05, 0.1) is 6.61 Å². The maximum Gasteiger partial charge on any atom is 0.149 e. The molecule has 1 aliphatic heterocycles. The summed E-state index contributed by atoms with van der Waals surface area (Å²) in [5.41, 5.74) is 2.14. The van der Waals surface area contributed by atoms with E-state index in [9.17, 15) is 4.79 Å². The number of carbonyl (C=O) groups excluding carboxylic acids is 1. The number of hydrogen-bond donors (Lipinski definition) is 0. The van der Waals surface area contributed by atoms with Gasteiger partial charge >= 0.3 is 0 Å². The molecule has 0 radical (unpaired) electrons. The van der Waals surface area contributed by atoms with E-state index >= 15 is 0 Å². The molecule has 0 unspecified atom stereocenters. The molecule has 2 heteroatoms. The molecule has 0 spiro atoms. The molecule has 1 heterocycles. The molecule has 0 aliphatic carbocycles. The third-order valence-corrected chi connectivity index (χ3v) is 2.85. The highest BCUT2D eigenvalue weighted by atomic mass is 16.5. The van der Waals surface area contributed by atoms with Gasteiger partial charge in [-0.15, -0.1) is 0 Å². The van der Waals surface area contributed by atoms with Crippen LogP contribution >= 0.6 is 0 Å². The number of rotatable bonds is 4. The fourth-order valence-electron chi connectivity index (χ4n) is 1.95. The largest absolute Gasteiger partial charge is 0.498 e. The van der Waals surface area contributed by atoms with Crippen LogP contribution in [0.5, 0.6) is 0 Å². The SMILES string of the molecule is O=CC1=C(CCc2ccccc2)OCCC1. The summed E-state index contributed by atoms with van der Waals surface area (Å²) in [6, 6.07) is 10.3. The van der Waals surface area contributed by atoms with Crippen LogP contribution in [0.15, 0.2) is 41.7 Å². The highest BCUT2D eigenvalue weighted by Gasteiger charge is 2.12. The molecule has 0 saturated heterocycles. The van der Waals surface area contributed by atoms with E-state index in [0.29, 0.717) is 0 Å². The summed E-state index contributed by atoms with van der Waals surface area (Å²) in [6.07, 6.45) is 4.54. The van der Waals surface area contributed by atoms with Crippen LogP contribution in [0.1, 0.15) is 24.8 Å². The summed E-state index contributed by atoms with van der Waals surface area (Å²) in [5.74, 6) is 0.894. The lowest BCUT2D eigenvalue weighted by Crippen LogP contribution is -2.08. The maximum atomic E-state index is 10.8. The summed E-state index contributed by atoms with van der Waals surface area (Å²) in [4.78, 5) is 10.8. The molecule has 1 aromatic carbocycles. The normalized spacial score (nSPS) is 15.8. The minimum absolute atomic E-state index is 0.751. The van der Waals surface area contributed by atoms with Gasteiger partial charge in [0, 0.05) is 12.0 Å². The van der Waals surface area contributed by atoms with Crippen LogP contribution in [0, 0.1) is 0 Å². The average molecular weight is 216 g/mol. The molecular formula is C14H16O2. The lowest BCUT2D eigenvalue weighted by molar-refractivity contribution is -0.105. The number of aryl methyl sites for hydroxylation is 1. The summed E-state index contributed by atoms with van der Waals surface area (Å²) in [7, 11) is 0. The molecule has 1 aliphatic rings. The third-order valence-electron chi connectivity index (χ3n) is 2.85. The van der Waals surface area contributed by atoms with E-state index in [1.54, 1.807) is 0 Å². The van der Waals surface area contributed by atoms with E-state index in [2.05, 4.69) is 12.1 Å². The highest BCUT2D eigenvalue weighted by molar-refractivity contribution is 5.74. The molecule has 0 bridgehead atoms. The molecule has 2 rings (SSSR count). The van der Waals surface area contributed by atoms with Gasteiger partial charge in [0.2, 0.25) is 0 Å². The van der Waals surface area contributed by atoms with E-state index in [4.69, 9.17) is 4.74 Å². The molecule has 2 nitrogen and oxygen atoms in total. The monoisotopic (exact) mass is 216 g/mol. The molecule has 0 saturated carbocycles. The number of allylic oxidation sites excluding steroid dienone is 2. The Kier molecular flexibility index (Phi) is 3.76.